The first-order valence-electron chi connectivity index (χ1n) is 7.87. The van der Waals surface area contributed by atoms with Crippen LogP contribution in [0, 0.1) is 0 Å². The lowest BCUT2D eigenvalue weighted by Gasteiger charge is -2.06. The van der Waals surface area contributed by atoms with Gasteiger partial charge in [0.05, 0.1) is 17.8 Å². The van der Waals surface area contributed by atoms with E-state index in [1.165, 1.54) is 17.5 Å². The Bertz CT molecular complexity index is 897. The molecular weight excluding hydrogens is 326 g/mol. The number of nitrogens with zero attached hydrogens (tertiary/aromatic N) is 2. The Morgan fingerprint density at radius 2 is 2.12 bits per heavy atom. The van der Waals surface area contributed by atoms with E-state index in [0.717, 1.165) is 18.5 Å². The molecule has 2 aromatic heterocycles. The predicted octanol–water partition coefficient (Wildman–Crippen LogP) is 3.92. The maximum absolute atomic E-state index is 12.3. The largest absolute Gasteiger partial charge is 0.454 e. The van der Waals surface area contributed by atoms with Crippen LogP contribution in [0.5, 0.6) is 0 Å². The second kappa shape index (κ2) is 6.17. The minimum atomic E-state index is -0.252. The van der Waals surface area contributed by atoms with Gasteiger partial charge in [0.25, 0.3) is 5.91 Å². The topological polar surface area (TPSA) is 60.1 Å². The number of carbonyl (C=O) groups excluding carboxylic acids is 1. The molecule has 0 saturated heterocycles. The number of carbonyl (C=O) groups is 1. The molecule has 0 unspecified atom stereocenters. The summed E-state index contributed by atoms with van der Waals surface area (Å²) in [5, 5.41) is 7.55. The molecule has 24 heavy (non-hydrogen) atoms. The van der Waals surface area contributed by atoms with Gasteiger partial charge in [-0.05, 0) is 54.7 Å². The highest BCUT2D eigenvalue weighted by molar-refractivity contribution is 6.30. The van der Waals surface area contributed by atoms with E-state index in [1.54, 1.807) is 29.2 Å². The van der Waals surface area contributed by atoms with Gasteiger partial charge >= 0.3 is 0 Å². The zero-order chi connectivity index (χ0) is 16.5. The van der Waals surface area contributed by atoms with Gasteiger partial charge < -0.3 is 9.73 Å². The van der Waals surface area contributed by atoms with Gasteiger partial charge in [0, 0.05) is 11.9 Å². The third-order valence-electron chi connectivity index (χ3n) is 4.16. The Morgan fingerprint density at radius 1 is 1.25 bits per heavy atom. The van der Waals surface area contributed by atoms with Crippen molar-refractivity contribution in [3.05, 3.63) is 70.4 Å². The summed E-state index contributed by atoms with van der Waals surface area (Å²) in [5.41, 5.74) is 3.51. The zero-order valence-electron chi connectivity index (χ0n) is 13.0. The van der Waals surface area contributed by atoms with E-state index in [0.29, 0.717) is 17.3 Å². The standard InChI is InChI=1S/C18H16ClN3O2/c19-14-9-20-22(10-14)11-16-6-7-17(24-16)18(23)21-15-5-4-12-2-1-3-13(12)8-15/h4-10H,1-3,11H2,(H,21,23). The Balaban J connectivity index is 1.45. The van der Waals surface area contributed by atoms with Crippen LogP contribution in [0.1, 0.15) is 33.9 Å². The second-order valence-corrected chi connectivity index (χ2v) is 6.35. The monoisotopic (exact) mass is 341 g/mol. The van der Waals surface area contributed by atoms with E-state index >= 15 is 0 Å². The molecule has 1 aliphatic rings. The normalized spacial score (nSPS) is 13.0. The zero-order valence-corrected chi connectivity index (χ0v) is 13.7. The Labute approximate surface area is 144 Å². The Morgan fingerprint density at radius 3 is 2.96 bits per heavy atom. The summed E-state index contributed by atoms with van der Waals surface area (Å²) < 4.78 is 7.26. The van der Waals surface area contributed by atoms with Crippen LogP contribution in [0.3, 0.4) is 0 Å². The first kappa shape index (κ1) is 15.0. The lowest BCUT2D eigenvalue weighted by atomic mass is 10.1. The van der Waals surface area contributed by atoms with Crippen LogP contribution in [0.15, 0.2) is 47.1 Å². The smallest absolute Gasteiger partial charge is 0.291 e. The molecule has 1 aromatic carbocycles. The van der Waals surface area contributed by atoms with Crippen molar-refractivity contribution < 1.29 is 9.21 Å². The van der Waals surface area contributed by atoms with Crippen LogP contribution in [-0.2, 0) is 19.4 Å². The van der Waals surface area contributed by atoms with Gasteiger partial charge in [-0.25, -0.2) is 0 Å². The molecule has 0 fully saturated rings. The van der Waals surface area contributed by atoms with E-state index in [-0.39, 0.29) is 11.7 Å². The number of halogens is 1. The molecule has 1 amide bonds. The number of rotatable bonds is 4. The summed E-state index contributed by atoms with van der Waals surface area (Å²) >= 11 is 5.83. The quantitative estimate of drug-likeness (QED) is 0.782. The van der Waals surface area contributed by atoms with Gasteiger partial charge in [-0.15, -0.1) is 0 Å². The van der Waals surface area contributed by atoms with Crippen LogP contribution >= 0.6 is 11.6 Å². The van der Waals surface area contributed by atoms with Crippen molar-refractivity contribution >= 4 is 23.2 Å². The number of aromatic nitrogens is 2. The molecule has 6 heteroatoms. The molecule has 2 heterocycles. The van der Waals surface area contributed by atoms with E-state index < -0.39 is 0 Å². The molecule has 0 spiro atoms. The van der Waals surface area contributed by atoms with Crippen LogP contribution in [-0.4, -0.2) is 15.7 Å². The number of hydrogen-bond acceptors (Lipinski definition) is 3. The van der Waals surface area contributed by atoms with Gasteiger partial charge in [-0.3, -0.25) is 9.48 Å². The summed E-state index contributed by atoms with van der Waals surface area (Å²) in [6.07, 6.45) is 6.66. The molecule has 0 bridgehead atoms. The van der Waals surface area contributed by atoms with Crippen molar-refractivity contribution in [1.82, 2.24) is 9.78 Å². The molecule has 0 radical (unpaired) electrons. The highest BCUT2D eigenvalue weighted by Crippen LogP contribution is 2.25. The fraction of sp³-hybridized carbons (Fsp3) is 0.222. The average molecular weight is 342 g/mol. The fourth-order valence-electron chi connectivity index (χ4n) is 3.01. The molecule has 122 valence electrons. The van der Waals surface area contributed by atoms with Gasteiger partial charge in [-0.2, -0.15) is 5.10 Å². The lowest BCUT2D eigenvalue weighted by Crippen LogP contribution is -2.11. The number of fused-ring (bicyclic) bond motifs is 1. The van der Waals surface area contributed by atoms with Crippen molar-refractivity contribution in [2.24, 2.45) is 0 Å². The summed E-state index contributed by atoms with van der Waals surface area (Å²) in [6, 6.07) is 9.52. The first-order valence-corrected chi connectivity index (χ1v) is 8.25. The van der Waals surface area contributed by atoms with Crippen molar-refractivity contribution in [1.29, 1.82) is 0 Å². The number of nitrogens with one attached hydrogen (secondary N) is 1. The highest BCUT2D eigenvalue weighted by atomic mass is 35.5. The minimum absolute atomic E-state index is 0.252. The highest BCUT2D eigenvalue weighted by Gasteiger charge is 2.15. The van der Waals surface area contributed by atoms with Gasteiger partial charge in [0.15, 0.2) is 5.76 Å². The number of aryl methyl sites for hydroxylation is 2. The molecular formula is C18H16ClN3O2. The van der Waals surface area contributed by atoms with Gasteiger partial charge in [-0.1, -0.05) is 17.7 Å². The molecule has 4 rings (SSSR count). The molecule has 3 aromatic rings. The Kier molecular flexibility index (Phi) is 3.86. The van der Waals surface area contributed by atoms with Crippen molar-refractivity contribution in [3.63, 3.8) is 0 Å². The van der Waals surface area contributed by atoms with E-state index in [9.17, 15) is 4.79 Å². The van der Waals surface area contributed by atoms with Crippen molar-refractivity contribution in [3.8, 4) is 0 Å². The third-order valence-corrected chi connectivity index (χ3v) is 4.36. The maximum atomic E-state index is 12.3. The fourth-order valence-corrected chi connectivity index (χ4v) is 3.17. The van der Waals surface area contributed by atoms with Crippen molar-refractivity contribution in [2.45, 2.75) is 25.8 Å². The minimum Gasteiger partial charge on any atom is -0.454 e. The van der Waals surface area contributed by atoms with Crippen LogP contribution in [0.2, 0.25) is 5.02 Å². The van der Waals surface area contributed by atoms with Crippen LogP contribution < -0.4 is 5.32 Å². The third kappa shape index (κ3) is 3.08. The van der Waals surface area contributed by atoms with Gasteiger partial charge in [0.2, 0.25) is 0 Å². The summed E-state index contributed by atoms with van der Waals surface area (Å²) in [7, 11) is 0. The molecule has 5 nitrogen and oxygen atoms in total. The molecule has 1 aliphatic carbocycles. The van der Waals surface area contributed by atoms with Gasteiger partial charge in [0.1, 0.15) is 5.76 Å². The molecule has 0 saturated carbocycles. The Hall–Kier alpha value is -2.53. The number of benzene rings is 1. The van der Waals surface area contributed by atoms with E-state index in [1.807, 2.05) is 6.07 Å². The maximum Gasteiger partial charge on any atom is 0.291 e. The lowest BCUT2D eigenvalue weighted by molar-refractivity contribution is 0.0994. The number of anilines is 1. The number of hydrogen-bond donors (Lipinski definition) is 1. The van der Waals surface area contributed by atoms with E-state index in [4.69, 9.17) is 16.0 Å². The van der Waals surface area contributed by atoms with Crippen LogP contribution in [0.4, 0.5) is 5.69 Å². The summed E-state index contributed by atoms with van der Waals surface area (Å²) in [4.78, 5) is 12.3. The van der Waals surface area contributed by atoms with E-state index in [2.05, 4.69) is 22.5 Å². The average Bonchev–Trinajstić information content (AvgIpc) is 3.28. The SMILES string of the molecule is O=C(Nc1ccc2c(c1)CCC2)c1ccc(Cn2cc(Cl)cn2)o1. The second-order valence-electron chi connectivity index (χ2n) is 5.91. The summed E-state index contributed by atoms with van der Waals surface area (Å²) in [5.74, 6) is 0.676. The summed E-state index contributed by atoms with van der Waals surface area (Å²) in [6.45, 7) is 0.429. The number of amides is 1. The predicted molar refractivity (Wildman–Crippen MR) is 91.5 cm³/mol. The number of furan rings is 1. The molecule has 1 N–H and O–H groups in total. The molecule has 0 atom stereocenters. The molecule has 0 aliphatic heterocycles. The van der Waals surface area contributed by atoms with Crippen LogP contribution in [0.25, 0.3) is 0 Å². The first-order chi connectivity index (χ1) is 11.7. The van der Waals surface area contributed by atoms with Crippen molar-refractivity contribution in [2.75, 3.05) is 5.32 Å².